The Kier molecular flexibility index (Phi) is 3.30. The second kappa shape index (κ2) is 5.07. The van der Waals surface area contributed by atoms with Gasteiger partial charge in [-0.2, -0.15) is 0 Å². The van der Waals surface area contributed by atoms with Crippen LogP contribution in [0.25, 0.3) is 0 Å². The lowest BCUT2D eigenvalue weighted by molar-refractivity contribution is 0.0951. The third-order valence-electron chi connectivity index (χ3n) is 2.30. The van der Waals surface area contributed by atoms with Gasteiger partial charge in [0.15, 0.2) is 0 Å². The minimum atomic E-state index is -0.229. The number of anilines is 1. The van der Waals surface area contributed by atoms with Crippen LogP contribution in [0.3, 0.4) is 0 Å². The summed E-state index contributed by atoms with van der Waals surface area (Å²) in [6.07, 6.45) is 6.37. The molecule has 0 saturated heterocycles. The third-order valence-corrected chi connectivity index (χ3v) is 2.30. The summed E-state index contributed by atoms with van der Waals surface area (Å²) in [6.45, 7) is 0.440. The van der Waals surface area contributed by atoms with Gasteiger partial charge >= 0.3 is 0 Å². The van der Waals surface area contributed by atoms with Crippen molar-refractivity contribution in [1.29, 1.82) is 0 Å². The first kappa shape index (κ1) is 11.1. The number of aromatic nitrogens is 2. The highest BCUT2D eigenvalue weighted by molar-refractivity contribution is 5.98. The molecule has 0 radical (unpaired) electrons. The summed E-state index contributed by atoms with van der Waals surface area (Å²) in [5, 5.41) is 2.77. The van der Waals surface area contributed by atoms with Gasteiger partial charge in [-0.1, -0.05) is 0 Å². The molecule has 2 aromatic heterocycles. The number of amides is 1. The van der Waals surface area contributed by atoms with Crippen molar-refractivity contribution in [3.05, 3.63) is 54.1 Å². The maximum Gasteiger partial charge on any atom is 0.255 e. The van der Waals surface area contributed by atoms with Crippen LogP contribution in [0.1, 0.15) is 15.9 Å². The molecule has 2 aromatic rings. The van der Waals surface area contributed by atoms with E-state index in [0.29, 0.717) is 17.8 Å². The first-order valence-corrected chi connectivity index (χ1v) is 5.14. The highest BCUT2D eigenvalue weighted by Gasteiger charge is 2.08. The quantitative estimate of drug-likeness (QED) is 0.820. The smallest absolute Gasteiger partial charge is 0.255 e. The molecule has 0 saturated carbocycles. The molecular formula is C12H12N4O. The first-order chi connectivity index (χ1) is 8.27. The lowest BCUT2D eigenvalue weighted by atomic mass is 10.2. The Morgan fingerprint density at radius 2 is 1.88 bits per heavy atom. The van der Waals surface area contributed by atoms with E-state index in [1.807, 2.05) is 12.1 Å². The van der Waals surface area contributed by atoms with Gasteiger partial charge < -0.3 is 11.1 Å². The second-order valence-corrected chi connectivity index (χ2v) is 3.50. The van der Waals surface area contributed by atoms with Gasteiger partial charge in [0.2, 0.25) is 0 Å². The molecule has 2 rings (SSSR count). The number of nitrogen functional groups attached to an aromatic ring is 1. The van der Waals surface area contributed by atoms with E-state index in [1.54, 1.807) is 24.7 Å². The number of nitrogens with zero attached hydrogens (tertiary/aromatic N) is 2. The van der Waals surface area contributed by atoms with Crippen molar-refractivity contribution in [3.8, 4) is 0 Å². The van der Waals surface area contributed by atoms with Crippen LogP contribution >= 0.6 is 0 Å². The monoisotopic (exact) mass is 228 g/mol. The van der Waals surface area contributed by atoms with Gasteiger partial charge in [0.05, 0.1) is 5.56 Å². The molecule has 5 nitrogen and oxygen atoms in total. The molecule has 0 fully saturated rings. The van der Waals surface area contributed by atoms with Crippen LogP contribution in [0.5, 0.6) is 0 Å². The molecule has 5 heteroatoms. The molecule has 0 unspecified atom stereocenters. The molecule has 0 aliphatic carbocycles. The molecule has 0 spiro atoms. The maximum absolute atomic E-state index is 11.8. The van der Waals surface area contributed by atoms with Crippen molar-refractivity contribution in [2.24, 2.45) is 0 Å². The molecule has 0 atom stereocenters. The predicted octanol–water partition coefficient (Wildman–Crippen LogP) is 0.989. The number of nitrogens with two attached hydrogens (primary N) is 1. The Morgan fingerprint density at radius 1 is 1.18 bits per heavy atom. The minimum absolute atomic E-state index is 0.229. The Bertz CT molecular complexity index is 513. The van der Waals surface area contributed by atoms with Crippen LogP contribution in [0.2, 0.25) is 0 Å². The molecule has 0 bridgehead atoms. The average Bonchev–Trinajstić information content (AvgIpc) is 2.38. The number of hydrogen-bond acceptors (Lipinski definition) is 4. The number of nitrogens with one attached hydrogen (secondary N) is 1. The predicted molar refractivity (Wildman–Crippen MR) is 64.1 cm³/mol. The Hall–Kier alpha value is -2.43. The fourth-order valence-corrected chi connectivity index (χ4v) is 1.37. The zero-order valence-corrected chi connectivity index (χ0v) is 9.13. The number of pyridine rings is 2. The van der Waals surface area contributed by atoms with Crippen LogP contribution < -0.4 is 11.1 Å². The number of rotatable bonds is 3. The van der Waals surface area contributed by atoms with E-state index in [9.17, 15) is 4.79 Å². The van der Waals surface area contributed by atoms with Gasteiger partial charge in [-0.05, 0) is 23.8 Å². The largest absolute Gasteiger partial charge is 0.398 e. The zero-order valence-electron chi connectivity index (χ0n) is 9.13. The standard InChI is InChI=1S/C12H12N4O/c13-11-3-6-15-8-10(11)12(17)16-7-9-1-4-14-5-2-9/h1-6,8H,7H2,(H2,13,15)(H,16,17). The molecule has 1 amide bonds. The highest BCUT2D eigenvalue weighted by atomic mass is 16.1. The molecule has 2 heterocycles. The van der Waals surface area contributed by atoms with Crippen LogP contribution in [0, 0.1) is 0 Å². The zero-order chi connectivity index (χ0) is 12.1. The van der Waals surface area contributed by atoms with Crippen molar-refractivity contribution in [1.82, 2.24) is 15.3 Å². The summed E-state index contributed by atoms with van der Waals surface area (Å²) < 4.78 is 0. The Balaban J connectivity index is 2.01. The molecule has 17 heavy (non-hydrogen) atoms. The number of hydrogen-bond donors (Lipinski definition) is 2. The van der Waals surface area contributed by atoms with Crippen LogP contribution in [-0.4, -0.2) is 15.9 Å². The number of carbonyl (C=O) groups excluding carboxylic acids is 1. The van der Waals surface area contributed by atoms with Gasteiger partial charge in [-0.3, -0.25) is 14.8 Å². The lowest BCUT2D eigenvalue weighted by Gasteiger charge is -2.06. The summed E-state index contributed by atoms with van der Waals surface area (Å²) in [5.74, 6) is -0.229. The fourth-order valence-electron chi connectivity index (χ4n) is 1.37. The summed E-state index contributed by atoms with van der Waals surface area (Å²) in [7, 11) is 0. The van der Waals surface area contributed by atoms with Gasteiger partial charge in [0.25, 0.3) is 5.91 Å². The van der Waals surface area contributed by atoms with Gasteiger partial charge in [0, 0.05) is 37.0 Å². The maximum atomic E-state index is 11.8. The van der Waals surface area contributed by atoms with E-state index >= 15 is 0 Å². The van der Waals surface area contributed by atoms with Crippen molar-refractivity contribution in [3.63, 3.8) is 0 Å². The molecule has 0 aromatic carbocycles. The van der Waals surface area contributed by atoms with E-state index in [1.165, 1.54) is 6.20 Å². The van der Waals surface area contributed by atoms with Crippen molar-refractivity contribution in [2.75, 3.05) is 5.73 Å². The minimum Gasteiger partial charge on any atom is -0.398 e. The molecule has 3 N–H and O–H groups in total. The van der Waals surface area contributed by atoms with Gasteiger partial charge in [-0.25, -0.2) is 0 Å². The fraction of sp³-hybridized carbons (Fsp3) is 0.0833. The van der Waals surface area contributed by atoms with E-state index in [4.69, 9.17) is 5.73 Å². The summed E-state index contributed by atoms with van der Waals surface area (Å²) in [5.41, 5.74) is 7.48. The van der Waals surface area contributed by atoms with Crippen molar-refractivity contribution in [2.45, 2.75) is 6.54 Å². The topological polar surface area (TPSA) is 80.9 Å². The van der Waals surface area contributed by atoms with Crippen LogP contribution in [0.15, 0.2) is 43.0 Å². The van der Waals surface area contributed by atoms with E-state index < -0.39 is 0 Å². The summed E-state index contributed by atoms with van der Waals surface area (Å²) in [6, 6.07) is 5.28. The third kappa shape index (κ3) is 2.78. The average molecular weight is 228 g/mol. The van der Waals surface area contributed by atoms with Crippen LogP contribution in [0.4, 0.5) is 5.69 Å². The van der Waals surface area contributed by atoms with Gasteiger partial charge in [0.1, 0.15) is 0 Å². The van der Waals surface area contributed by atoms with Crippen molar-refractivity contribution < 1.29 is 4.79 Å². The number of carbonyl (C=O) groups is 1. The van der Waals surface area contributed by atoms with E-state index in [-0.39, 0.29) is 5.91 Å². The molecule has 0 aliphatic heterocycles. The molecule has 0 aliphatic rings. The Morgan fingerprint density at radius 3 is 2.59 bits per heavy atom. The molecule has 86 valence electrons. The van der Waals surface area contributed by atoms with Crippen molar-refractivity contribution >= 4 is 11.6 Å². The highest BCUT2D eigenvalue weighted by Crippen LogP contribution is 2.08. The summed E-state index contributed by atoms with van der Waals surface area (Å²) >= 11 is 0. The van der Waals surface area contributed by atoms with Crippen LogP contribution in [-0.2, 0) is 6.54 Å². The lowest BCUT2D eigenvalue weighted by Crippen LogP contribution is -2.23. The first-order valence-electron chi connectivity index (χ1n) is 5.14. The van der Waals surface area contributed by atoms with E-state index in [2.05, 4.69) is 15.3 Å². The molecular weight excluding hydrogens is 216 g/mol. The Labute approximate surface area is 98.7 Å². The SMILES string of the molecule is Nc1ccncc1C(=O)NCc1ccncc1. The second-order valence-electron chi connectivity index (χ2n) is 3.50. The van der Waals surface area contributed by atoms with E-state index in [0.717, 1.165) is 5.56 Å². The normalized spacial score (nSPS) is 9.88. The van der Waals surface area contributed by atoms with Gasteiger partial charge in [-0.15, -0.1) is 0 Å². The summed E-state index contributed by atoms with van der Waals surface area (Å²) in [4.78, 5) is 19.6.